The van der Waals surface area contributed by atoms with Crippen LogP contribution in [0.4, 0.5) is 0 Å². The Hall–Kier alpha value is -1.73. The van der Waals surface area contributed by atoms with Crippen molar-refractivity contribution in [1.82, 2.24) is 14.8 Å². The molecule has 0 aliphatic rings. The Morgan fingerprint density at radius 2 is 1.90 bits per heavy atom. The number of sulfone groups is 1. The predicted molar refractivity (Wildman–Crippen MR) is 81.5 cm³/mol. The molecule has 0 fully saturated rings. The van der Waals surface area contributed by atoms with E-state index >= 15 is 0 Å². The molecule has 0 saturated carbocycles. The highest BCUT2D eigenvalue weighted by Gasteiger charge is 2.23. The van der Waals surface area contributed by atoms with Crippen LogP contribution in [0.2, 0.25) is 0 Å². The van der Waals surface area contributed by atoms with E-state index in [4.69, 9.17) is 5.73 Å². The summed E-state index contributed by atoms with van der Waals surface area (Å²) in [5.74, 6) is 1.29. The predicted octanol–water partition coefficient (Wildman–Crippen LogP) is 1.56. The average molecular weight is 308 g/mol. The second-order valence-electron chi connectivity index (χ2n) is 5.95. The zero-order valence-corrected chi connectivity index (χ0v) is 13.5. The lowest BCUT2D eigenvalue weighted by atomic mass is 10.1. The molecule has 2 N–H and O–H groups in total. The van der Waals surface area contributed by atoms with Gasteiger partial charge in [0.05, 0.1) is 11.4 Å². The van der Waals surface area contributed by atoms with Crippen LogP contribution in [-0.2, 0) is 21.9 Å². The van der Waals surface area contributed by atoms with Crippen molar-refractivity contribution in [3.8, 4) is 11.4 Å². The zero-order valence-electron chi connectivity index (χ0n) is 12.7. The Bertz CT molecular complexity index is 758. The normalized spacial score (nSPS) is 12.6. The second-order valence-corrected chi connectivity index (χ2v) is 7.97. The molecular formula is C14H20N4O2S. The van der Waals surface area contributed by atoms with Crippen LogP contribution in [0.3, 0.4) is 0 Å². The molecule has 21 heavy (non-hydrogen) atoms. The molecule has 114 valence electrons. The van der Waals surface area contributed by atoms with Gasteiger partial charge in [-0.15, -0.1) is 10.2 Å². The third kappa shape index (κ3) is 3.14. The molecule has 7 heteroatoms. The van der Waals surface area contributed by atoms with Crippen LogP contribution < -0.4 is 5.73 Å². The molecule has 0 aliphatic heterocycles. The fraction of sp³-hybridized carbons (Fsp3) is 0.429. The van der Waals surface area contributed by atoms with Crippen LogP contribution in [0.5, 0.6) is 0 Å². The van der Waals surface area contributed by atoms with E-state index in [1.807, 2.05) is 31.4 Å². The van der Waals surface area contributed by atoms with Crippen molar-refractivity contribution < 1.29 is 8.42 Å². The summed E-state index contributed by atoms with van der Waals surface area (Å²) in [6, 6.07) is 6.71. The third-order valence-electron chi connectivity index (χ3n) is 3.10. The molecule has 0 aliphatic carbocycles. The molecular weight excluding hydrogens is 288 g/mol. The first-order chi connectivity index (χ1) is 9.64. The first-order valence-corrected chi connectivity index (χ1v) is 8.49. The van der Waals surface area contributed by atoms with Crippen LogP contribution in [0, 0.1) is 0 Å². The molecule has 0 amide bonds. The summed E-state index contributed by atoms with van der Waals surface area (Å²) in [6.07, 6.45) is 1.19. The maximum atomic E-state index is 11.7. The van der Waals surface area contributed by atoms with E-state index in [0.29, 0.717) is 17.2 Å². The summed E-state index contributed by atoms with van der Waals surface area (Å²) in [5, 5.41) is 8.29. The molecule has 1 aromatic carbocycles. The van der Waals surface area contributed by atoms with E-state index in [9.17, 15) is 8.42 Å². The number of aromatic nitrogens is 3. The minimum atomic E-state index is -3.26. The standard InChI is InChI=1S/C14H20N4O2S/c1-14(2,3)18-12(9-15)16-17-13(18)10-6-5-7-11(8-10)21(4,19)20/h5-8H,9,15H2,1-4H3. The van der Waals surface area contributed by atoms with Gasteiger partial charge in [0.15, 0.2) is 15.7 Å². The second kappa shape index (κ2) is 5.23. The molecule has 0 saturated heterocycles. The fourth-order valence-corrected chi connectivity index (χ4v) is 2.87. The van der Waals surface area contributed by atoms with Crippen molar-refractivity contribution >= 4 is 9.84 Å². The summed E-state index contributed by atoms with van der Waals surface area (Å²) in [6.45, 7) is 6.36. The highest BCUT2D eigenvalue weighted by molar-refractivity contribution is 7.90. The van der Waals surface area contributed by atoms with Gasteiger partial charge >= 0.3 is 0 Å². The maximum Gasteiger partial charge on any atom is 0.175 e. The van der Waals surface area contributed by atoms with Crippen LogP contribution in [0.25, 0.3) is 11.4 Å². The molecule has 0 unspecified atom stereocenters. The minimum absolute atomic E-state index is 0.255. The first kappa shape index (κ1) is 15.7. The van der Waals surface area contributed by atoms with E-state index in [2.05, 4.69) is 10.2 Å². The van der Waals surface area contributed by atoms with Gasteiger partial charge in [0.2, 0.25) is 0 Å². The average Bonchev–Trinajstić information content (AvgIpc) is 2.81. The van der Waals surface area contributed by atoms with Crippen molar-refractivity contribution in [1.29, 1.82) is 0 Å². The summed E-state index contributed by atoms with van der Waals surface area (Å²) in [5.41, 5.74) is 6.17. The number of rotatable bonds is 3. The van der Waals surface area contributed by atoms with Gasteiger partial charge in [-0.2, -0.15) is 0 Å². The highest BCUT2D eigenvalue weighted by Crippen LogP contribution is 2.27. The van der Waals surface area contributed by atoms with Gasteiger partial charge in [0.25, 0.3) is 0 Å². The lowest BCUT2D eigenvalue weighted by Crippen LogP contribution is -2.26. The number of nitrogens with zero attached hydrogens (tertiary/aromatic N) is 3. The number of hydrogen-bond donors (Lipinski definition) is 1. The fourth-order valence-electron chi connectivity index (χ4n) is 2.21. The van der Waals surface area contributed by atoms with Crippen molar-refractivity contribution in [2.24, 2.45) is 5.73 Å². The molecule has 0 bridgehead atoms. The maximum absolute atomic E-state index is 11.7. The topological polar surface area (TPSA) is 90.9 Å². The molecule has 0 radical (unpaired) electrons. The van der Waals surface area contributed by atoms with Crippen LogP contribution in [-0.4, -0.2) is 29.4 Å². The molecule has 1 heterocycles. The molecule has 2 rings (SSSR count). The Morgan fingerprint density at radius 1 is 1.24 bits per heavy atom. The lowest BCUT2D eigenvalue weighted by molar-refractivity contribution is 0.386. The highest BCUT2D eigenvalue weighted by atomic mass is 32.2. The Balaban J connectivity index is 2.66. The Morgan fingerprint density at radius 3 is 2.43 bits per heavy atom. The van der Waals surface area contributed by atoms with Gasteiger partial charge in [-0.05, 0) is 32.9 Å². The SMILES string of the molecule is CC(C)(C)n1c(CN)nnc1-c1cccc(S(C)(=O)=O)c1. The van der Waals surface area contributed by atoms with Crippen molar-refractivity contribution in [3.63, 3.8) is 0 Å². The molecule has 0 spiro atoms. The molecule has 1 aromatic heterocycles. The van der Waals surface area contributed by atoms with E-state index in [-0.39, 0.29) is 17.0 Å². The van der Waals surface area contributed by atoms with E-state index in [1.165, 1.54) is 6.26 Å². The minimum Gasteiger partial charge on any atom is -0.324 e. The number of nitrogens with two attached hydrogens (primary N) is 1. The van der Waals surface area contributed by atoms with Crippen molar-refractivity contribution in [2.45, 2.75) is 37.8 Å². The molecule has 0 atom stereocenters. The van der Waals surface area contributed by atoms with Gasteiger partial charge in [-0.1, -0.05) is 12.1 Å². The third-order valence-corrected chi connectivity index (χ3v) is 4.21. The van der Waals surface area contributed by atoms with Gasteiger partial charge in [0, 0.05) is 17.4 Å². The Labute approximate surface area is 124 Å². The first-order valence-electron chi connectivity index (χ1n) is 6.60. The van der Waals surface area contributed by atoms with Crippen molar-refractivity contribution in [3.05, 3.63) is 30.1 Å². The smallest absolute Gasteiger partial charge is 0.175 e. The summed E-state index contributed by atoms with van der Waals surface area (Å²) < 4.78 is 25.3. The Kier molecular flexibility index (Phi) is 3.90. The molecule has 6 nitrogen and oxygen atoms in total. The van der Waals surface area contributed by atoms with Crippen molar-refractivity contribution in [2.75, 3.05) is 6.26 Å². The van der Waals surface area contributed by atoms with Crippen LogP contribution in [0.15, 0.2) is 29.2 Å². The zero-order chi connectivity index (χ0) is 15.8. The van der Waals surface area contributed by atoms with Gasteiger partial charge in [-0.3, -0.25) is 0 Å². The number of hydrogen-bond acceptors (Lipinski definition) is 5. The monoisotopic (exact) mass is 308 g/mol. The van der Waals surface area contributed by atoms with Gasteiger partial charge < -0.3 is 10.3 Å². The van der Waals surface area contributed by atoms with Gasteiger partial charge in [-0.25, -0.2) is 8.42 Å². The van der Waals surface area contributed by atoms with Gasteiger partial charge in [0.1, 0.15) is 5.82 Å². The molecule has 2 aromatic rings. The van der Waals surface area contributed by atoms with Crippen LogP contribution >= 0.6 is 0 Å². The summed E-state index contributed by atoms with van der Waals surface area (Å²) in [4.78, 5) is 0.262. The quantitative estimate of drug-likeness (QED) is 0.929. The van der Waals surface area contributed by atoms with E-state index in [1.54, 1.807) is 18.2 Å². The lowest BCUT2D eigenvalue weighted by Gasteiger charge is -2.24. The number of benzene rings is 1. The summed E-state index contributed by atoms with van der Waals surface area (Å²) >= 11 is 0. The van der Waals surface area contributed by atoms with Crippen LogP contribution in [0.1, 0.15) is 26.6 Å². The summed E-state index contributed by atoms with van der Waals surface area (Å²) in [7, 11) is -3.26. The van der Waals surface area contributed by atoms with E-state index in [0.717, 1.165) is 0 Å². The van der Waals surface area contributed by atoms with E-state index < -0.39 is 9.84 Å². The largest absolute Gasteiger partial charge is 0.324 e.